The van der Waals surface area contributed by atoms with Crippen LogP contribution in [0.2, 0.25) is 0 Å². The van der Waals surface area contributed by atoms with Crippen LogP contribution in [0.25, 0.3) is 10.4 Å². The molecule has 0 saturated carbocycles. The molecule has 0 unspecified atom stereocenters. The van der Waals surface area contributed by atoms with Crippen LogP contribution in [0.1, 0.15) is 36.2 Å². The van der Waals surface area contributed by atoms with Gasteiger partial charge in [0.05, 0.1) is 0 Å². The number of hydrogen-bond donors (Lipinski definition) is 0. The number of ketones is 1. The topological polar surface area (TPSA) is 65.8 Å². The molecule has 0 fully saturated rings. The van der Waals surface area contributed by atoms with Gasteiger partial charge in [-0.05, 0) is 23.4 Å². The minimum atomic E-state index is 0.0218. The zero-order chi connectivity index (χ0) is 12.7. The van der Waals surface area contributed by atoms with Gasteiger partial charge < -0.3 is 0 Å². The number of carbonyl (C=O) groups excluding carboxylic acids is 1. The Kier molecular flexibility index (Phi) is 5.24. The lowest BCUT2D eigenvalue weighted by atomic mass is 10.00. The molecule has 17 heavy (non-hydrogen) atoms. The number of carbonyl (C=O) groups is 1. The first kappa shape index (κ1) is 13.3. The van der Waals surface area contributed by atoms with Crippen molar-refractivity contribution < 1.29 is 4.79 Å². The highest BCUT2D eigenvalue weighted by atomic mass is 16.1. The summed E-state index contributed by atoms with van der Waals surface area (Å²) in [5.41, 5.74) is 10.0. The predicted molar refractivity (Wildman–Crippen MR) is 67.9 cm³/mol. The zero-order valence-electron chi connectivity index (χ0n) is 10.3. The second-order valence-corrected chi connectivity index (χ2v) is 4.42. The molecule has 4 nitrogen and oxygen atoms in total. The van der Waals surface area contributed by atoms with Gasteiger partial charge in [-0.1, -0.05) is 43.2 Å². The van der Waals surface area contributed by atoms with Gasteiger partial charge >= 0.3 is 0 Å². The monoisotopic (exact) mass is 231 g/mol. The molecule has 0 aliphatic carbocycles. The maximum absolute atomic E-state index is 11.7. The average molecular weight is 231 g/mol. The Hall–Kier alpha value is -1.80. The van der Waals surface area contributed by atoms with E-state index in [1.807, 2.05) is 24.3 Å². The maximum atomic E-state index is 11.7. The Morgan fingerprint density at radius 2 is 2.00 bits per heavy atom. The second kappa shape index (κ2) is 6.71. The van der Waals surface area contributed by atoms with Crippen molar-refractivity contribution in [1.29, 1.82) is 0 Å². The standard InChI is InChI=1S/C13H17N3O/c1-10(2)9-11-3-5-12(6-4-11)13(17)7-8-15-16-14/h3-6,10H,7-9H2,1-2H3. The normalized spacial score (nSPS) is 10.1. The fraction of sp³-hybridized carbons (Fsp3) is 0.462. The van der Waals surface area contributed by atoms with Crippen molar-refractivity contribution in [2.45, 2.75) is 26.7 Å². The minimum Gasteiger partial charge on any atom is -0.294 e. The molecule has 0 atom stereocenters. The molecule has 0 N–H and O–H groups in total. The van der Waals surface area contributed by atoms with Crippen LogP contribution in [0.4, 0.5) is 0 Å². The first-order chi connectivity index (χ1) is 8.13. The van der Waals surface area contributed by atoms with Crippen molar-refractivity contribution in [3.8, 4) is 0 Å². The molecule has 0 bridgehead atoms. The summed E-state index contributed by atoms with van der Waals surface area (Å²) >= 11 is 0. The van der Waals surface area contributed by atoms with Crippen LogP contribution in [0.15, 0.2) is 29.4 Å². The molecule has 0 aliphatic heterocycles. The van der Waals surface area contributed by atoms with E-state index in [2.05, 4.69) is 23.9 Å². The number of rotatable bonds is 6. The molecular weight excluding hydrogens is 214 g/mol. The lowest BCUT2D eigenvalue weighted by Gasteiger charge is -2.05. The molecule has 0 saturated heterocycles. The summed E-state index contributed by atoms with van der Waals surface area (Å²) in [6.45, 7) is 4.56. The third-order valence-corrected chi connectivity index (χ3v) is 2.42. The average Bonchev–Trinajstić information content (AvgIpc) is 2.29. The molecule has 90 valence electrons. The Morgan fingerprint density at radius 3 is 2.53 bits per heavy atom. The van der Waals surface area contributed by atoms with Crippen LogP contribution >= 0.6 is 0 Å². The van der Waals surface area contributed by atoms with Gasteiger partial charge in [-0.3, -0.25) is 4.79 Å². The molecule has 0 aromatic heterocycles. The highest BCUT2D eigenvalue weighted by Gasteiger charge is 2.05. The molecule has 0 aliphatic rings. The molecule has 0 spiro atoms. The highest BCUT2D eigenvalue weighted by Crippen LogP contribution is 2.11. The van der Waals surface area contributed by atoms with E-state index in [-0.39, 0.29) is 18.7 Å². The Labute approximate surface area is 101 Å². The van der Waals surface area contributed by atoms with E-state index in [0.29, 0.717) is 11.5 Å². The molecule has 1 aromatic carbocycles. The number of azide groups is 1. The highest BCUT2D eigenvalue weighted by molar-refractivity contribution is 5.96. The van der Waals surface area contributed by atoms with Gasteiger partial charge in [-0.2, -0.15) is 0 Å². The Morgan fingerprint density at radius 1 is 1.35 bits per heavy atom. The first-order valence-corrected chi connectivity index (χ1v) is 5.76. The van der Waals surface area contributed by atoms with Crippen molar-refractivity contribution in [2.24, 2.45) is 11.0 Å². The van der Waals surface area contributed by atoms with Crippen molar-refractivity contribution >= 4 is 5.78 Å². The van der Waals surface area contributed by atoms with Crippen LogP contribution in [-0.2, 0) is 6.42 Å². The van der Waals surface area contributed by atoms with Crippen LogP contribution in [0.5, 0.6) is 0 Å². The number of Topliss-reactive ketones (excluding diaryl/α,β-unsaturated/α-hetero) is 1. The van der Waals surface area contributed by atoms with E-state index in [0.717, 1.165) is 6.42 Å². The van der Waals surface area contributed by atoms with Gasteiger partial charge in [0.1, 0.15) is 0 Å². The van der Waals surface area contributed by atoms with Gasteiger partial charge in [-0.15, -0.1) is 0 Å². The van der Waals surface area contributed by atoms with Crippen molar-refractivity contribution in [3.63, 3.8) is 0 Å². The smallest absolute Gasteiger partial charge is 0.163 e. The molecule has 0 heterocycles. The summed E-state index contributed by atoms with van der Waals surface area (Å²) in [6.07, 6.45) is 1.29. The summed E-state index contributed by atoms with van der Waals surface area (Å²) in [5, 5.41) is 3.35. The van der Waals surface area contributed by atoms with Crippen LogP contribution in [0, 0.1) is 5.92 Å². The Bertz CT molecular complexity index is 417. The number of hydrogen-bond acceptors (Lipinski definition) is 2. The summed E-state index contributed by atoms with van der Waals surface area (Å²) < 4.78 is 0. The SMILES string of the molecule is CC(C)Cc1ccc(C(=O)CCN=[N+]=[N-])cc1. The summed E-state index contributed by atoms with van der Waals surface area (Å²) in [7, 11) is 0. The summed E-state index contributed by atoms with van der Waals surface area (Å²) in [4.78, 5) is 14.3. The van der Waals surface area contributed by atoms with E-state index in [1.165, 1.54) is 5.56 Å². The predicted octanol–water partition coefficient (Wildman–Crippen LogP) is 3.77. The van der Waals surface area contributed by atoms with Crippen LogP contribution in [-0.4, -0.2) is 12.3 Å². The summed E-state index contributed by atoms with van der Waals surface area (Å²) in [6, 6.07) is 7.66. The third-order valence-electron chi connectivity index (χ3n) is 2.42. The first-order valence-electron chi connectivity index (χ1n) is 5.76. The molecule has 1 aromatic rings. The van der Waals surface area contributed by atoms with Crippen molar-refractivity contribution in [3.05, 3.63) is 45.8 Å². The van der Waals surface area contributed by atoms with Gasteiger partial charge in [0.25, 0.3) is 0 Å². The molecular formula is C13H17N3O. The lowest BCUT2D eigenvalue weighted by Crippen LogP contribution is -2.01. The minimum absolute atomic E-state index is 0.0218. The third kappa shape index (κ3) is 4.70. The van der Waals surface area contributed by atoms with E-state index in [1.54, 1.807) is 0 Å². The maximum Gasteiger partial charge on any atom is 0.163 e. The van der Waals surface area contributed by atoms with Gasteiger partial charge in [0, 0.05) is 23.4 Å². The van der Waals surface area contributed by atoms with Crippen molar-refractivity contribution in [1.82, 2.24) is 0 Å². The van der Waals surface area contributed by atoms with E-state index >= 15 is 0 Å². The number of nitrogens with zero attached hydrogens (tertiary/aromatic N) is 3. The van der Waals surface area contributed by atoms with E-state index in [9.17, 15) is 4.79 Å². The van der Waals surface area contributed by atoms with Crippen LogP contribution < -0.4 is 0 Å². The quantitative estimate of drug-likeness (QED) is 0.318. The van der Waals surface area contributed by atoms with Gasteiger partial charge in [-0.25, -0.2) is 0 Å². The largest absolute Gasteiger partial charge is 0.294 e. The zero-order valence-corrected chi connectivity index (χ0v) is 10.3. The van der Waals surface area contributed by atoms with Crippen LogP contribution in [0.3, 0.4) is 0 Å². The molecule has 1 rings (SSSR count). The fourth-order valence-corrected chi connectivity index (χ4v) is 1.64. The van der Waals surface area contributed by atoms with Gasteiger partial charge in [0.2, 0.25) is 0 Å². The summed E-state index contributed by atoms with van der Waals surface area (Å²) in [5.74, 6) is 0.634. The fourth-order valence-electron chi connectivity index (χ4n) is 1.64. The molecule has 4 heteroatoms. The van der Waals surface area contributed by atoms with E-state index in [4.69, 9.17) is 5.53 Å². The second-order valence-electron chi connectivity index (χ2n) is 4.42. The molecule has 0 radical (unpaired) electrons. The Balaban J connectivity index is 2.60. The lowest BCUT2D eigenvalue weighted by molar-refractivity contribution is 0.0985. The van der Waals surface area contributed by atoms with E-state index < -0.39 is 0 Å². The molecule has 0 amide bonds. The van der Waals surface area contributed by atoms with Gasteiger partial charge in [0.15, 0.2) is 5.78 Å². The number of benzene rings is 1. The van der Waals surface area contributed by atoms with Crippen molar-refractivity contribution in [2.75, 3.05) is 6.54 Å².